The van der Waals surface area contributed by atoms with Crippen molar-refractivity contribution >= 4 is 122 Å². The Morgan fingerprint density at radius 3 is 1.63 bits per heavy atom. The third-order valence-electron chi connectivity index (χ3n) is 8.73. The second kappa shape index (κ2) is 20.0. The first-order valence-electron chi connectivity index (χ1n) is 17.9. The van der Waals surface area contributed by atoms with Crippen LogP contribution in [-0.2, 0) is 52.6 Å². The minimum absolute atomic E-state index is 0.0521. The molecule has 11 N–H and O–H groups in total. The fourth-order valence-electron chi connectivity index (χ4n) is 5.86. The fourth-order valence-corrected chi connectivity index (χ4v) is 16.4. The van der Waals surface area contributed by atoms with Crippen molar-refractivity contribution in [2.45, 2.75) is 90.9 Å². The Kier molecular flexibility index (Phi) is 16.2. The number of hydrogen-bond acceptors (Lipinski definition) is 24. The molecular weight excluding hydrogens is 1010 g/mol. The van der Waals surface area contributed by atoms with E-state index in [1.165, 1.54) is 45.3 Å². The third kappa shape index (κ3) is 11.2. The lowest BCUT2D eigenvalue weighted by Gasteiger charge is -2.26. The van der Waals surface area contributed by atoms with Crippen LogP contribution in [0.5, 0.6) is 0 Å². The van der Waals surface area contributed by atoms with Crippen LogP contribution in [-0.4, -0.2) is 140 Å². The summed E-state index contributed by atoms with van der Waals surface area (Å²) >= 11 is 16.9. The fraction of sp³-hybridized carbons (Fsp3) is 0.630. The van der Waals surface area contributed by atoms with Crippen molar-refractivity contribution in [3.63, 3.8) is 0 Å². The number of alkyl halides is 1. The van der Waals surface area contributed by atoms with Gasteiger partial charge in [-0.1, -0.05) is 61.2 Å². The van der Waals surface area contributed by atoms with E-state index in [4.69, 9.17) is 53.4 Å². The zero-order chi connectivity index (χ0) is 45.5. The van der Waals surface area contributed by atoms with Crippen LogP contribution in [0, 0.1) is 0 Å². The maximum atomic E-state index is 13.1. The van der Waals surface area contributed by atoms with Crippen LogP contribution in [0.25, 0.3) is 22.3 Å². The first-order chi connectivity index (χ1) is 29.0. The summed E-state index contributed by atoms with van der Waals surface area (Å²) in [6, 6.07) is 0. The van der Waals surface area contributed by atoms with Crippen molar-refractivity contribution in [2.24, 2.45) is 0 Å². The van der Waals surface area contributed by atoms with E-state index in [1.54, 1.807) is 0 Å². The predicted octanol–water partition coefficient (Wildman–Crippen LogP) is 2.29. The topological polar surface area (TPSA) is 387 Å². The number of ether oxygens (including phenoxy) is 2. The molecule has 0 amide bonds. The molecule has 5 unspecified atom stereocenters. The van der Waals surface area contributed by atoms with Crippen molar-refractivity contribution in [3.05, 3.63) is 12.7 Å². The summed E-state index contributed by atoms with van der Waals surface area (Å²) in [5.74, 6) is 1.47. The second-order valence-electron chi connectivity index (χ2n) is 13.4. The molecule has 2 fully saturated rings. The molecule has 6 heterocycles. The summed E-state index contributed by atoms with van der Waals surface area (Å²) < 4.78 is 72.6. The average molecular weight is 1050 g/mol. The van der Waals surface area contributed by atoms with E-state index in [1.807, 2.05) is 13.8 Å². The van der Waals surface area contributed by atoms with Crippen LogP contribution >= 0.6 is 76.1 Å². The van der Waals surface area contributed by atoms with E-state index in [9.17, 15) is 48.8 Å². The highest BCUT2D eigenvalue weighted by Gasteiger charge is 2.53. The average Bonchev–Trinajstić information content (AvgIpc) is 3.95. The predicted molar refractivity (Wildman–Crippen MR) is 230 cm³/mol. The molecule has 2 saturated heterocycles. The number of nitrogens with zero attached hydrogens (tertiary/aromatic N) is 8. The molecular formula is C27H41ClN10O16P4S4. The van der Waals surface area contributed by atoms with E-state index >= 15 is 0 Å². The Balaban J connectivity index is 1.04. The molecule has 13 atom stereocenters. The molecule has 35 heteroatoms. The van der Waals surface area contributed by atoms with Gasteiger partial charge in [0.2, 0.25) is 4.86 Å². The SMILES string of the molecule is CCCSc1nc(N)c2ncn([C@@H]3O[C@H](COP(=O)(S)OP(=O)(O)C(Cl)P(=O)(O)OP(O)(=S)OC[C@H]4O[C@@H](n5cnc6c(N)nc(SCCC)nc65)[C@H](O)[C@@H]4O)[C@@H](O)[C@H]3O)c2n1. The summed E-state index contributed by atoms with van der Waals surface area (Å²) in [5, 5.41) is 43.8. The molecule has 4 aromatic heterocycles. The van der Waals surface area contributed by atoms with Crippen LogP contribution < -0.4 is 11.5 Å². The summed E-state index contributed by atoms with van der Waals surface area (Å²) in [7, 11) is -11.5. The van der Waals surface area contributed by atoms with Gasteiger partial charge in [0.25, 0.3) is 0 Å². The maximum absolute atomic E-state index is 13.1. The maximum Gasteiger partial charge on any atom is 0.393 e. The van der Waals surface area contributed by atoms with Crippen LogP contribution in [0.2, 0.25) is 0 Å². The molecule has 0 spiro atoms. The number of imidazole rings is 2. The Morgan fingerprint density at radius 1 is 0.774 bits per heavy atom. The van der Waals surface area contributed by atoms with E-state index in [-0.39, 0.29) is 34.0 Å². The van der Waals surface area contributed by atoms with Crippen molar-refractivity contribution < 1.29 is 75.9 Å². The van der Waals surface area contributed by atoms with Gasteiger partial charge in [-0.05, 0) is 24.6 Å². The van der Waals surface area contributed by atoms with E-state index in [2.05, 4.69) is 50.8 Å². The second-order valence-corrected chi connectivity index (χ2v) is 26.8. The van der Waals surface area contributed by atoms with Crippen LogP contribution in [0.3, 0.4) is 0 Å². The molecule has 0 aliphatic carbocycles. The molecule has 0 bridgehead atoms. The van der Waals surface area contributed by atoms with E-state index in [0.717, 1.165) is 12.8 Å². The van der Waals surface area contributed by atoms with Crippen molar-refractivity contribution in [2.75, 3.05) is 36.2 Å². The Hall–Kier alpha value is -1.14. The molecule has 0 aromatic carbocycles. The molecule has 2 aliphatic rings. The van der Waals surface area contributed by atoms with Crippen LogP contribution in [0.4, 0.5) is 11.6 Å². The number of anilines is 2. The molecule has 0 radical (unpaired) electrons. The highest BCUT2D eigenvalue weighted by atomic mass is 35.5. The van der Waals surface area contributed by atoms with Crippen LogP contribution in [0.15, 0.2) is 23.0 Å². The number of hydrogen-bond donors (Lipinski definition) is 10. The number of aliphatic hydroxyl groups excluding tert-OH is 4. The zero-order valence-electron chi connectivity index (χ0n) is 32.0. The first kappa shape index (κ1) is 50.3. The molecule has 6 rings (SSSR count). The highest BCUT2D eigenvalue weighted by molar-refractivity contribution is 8.45. The number of halogens is 1. The third-order valence-corrected chi connectivity index (χ3v) is 21.5. The number of nitrogen functional groups attached to an aromatic ring is 2. The Bertz CT molecular complexity index is 2300. The molecule has 2 aliphatic heterocycles. The van der Waals surface area contributed by atoms with Crippen molar-refractivity contribution in [3.8, 4) is 0 Å². The molecule has 4 aromatic rings. The van der Waals surface area contributed by atoms with Gasteiger partial charge in [-0.25, -0.2) is 43.1 Å². The van der Waals surface area contributed by atoms with Gasteiger partial charge < -0.3 is 60.6 Å². The number of rotatable bonds is 20. The summed E-state index contributed by atoms with van der Waals surface area (Å²) in [6.45, 7) is -7.81. The lowest BCUT2D eigenvalue weighted by Crippen LogP contribution is -2.33. The minimum atomic E-state index is -5.78. The lowest BCUT2D eigenvalue weighted by molar-refractivity contribution is -0.0485. The largest absolute Gasteiger partial charge is 0.393 e. The van der Waals surface area contributed by atoms with Gasteiger partial charge in [-0.15, -0.1) is 0 Å². The van der Waals surface area contributed by atoms with Crippen molar-refractivity contribution in [1.29, 1.82) is 0 Å². The van der Waals surface area contributed by atoms with Gasteiger partial charge in [-0.2, -0.15) is 0 Å². The molecule has 62 heavy (non-hydrogen) atoms. The minimum Gasteiger partial charge on any atom is -0.387 e. The first-order valence-corrected chi connectivity index (χ1v) is 28.9. The number of fused-ring (bicyclic) bond motifs is 2. The van der Waals surface area contributed by atoms with Gasteiger partial charge in [-0.3, -0.25) is 22.8 Å². The number of aliphatic hydroxyl groups is 4. The standard InChI is InChI=1S/C27H41ClN10O16P4S4/c1-3-5-61-26-33-19(29)13-21(35-26)37(9-31-13)23-17(41)15(39)11(51-23)7-49-57(47,59)53-55(43,44)25(28)56(45,46)54-58(48,60)50-8-12-16(40)18(42)24(52-12)38-10-32-14-20(30)34-27(36-22(14)38)62-6-4-2/h9-12,15-18,23-25,39-42H,3-8H2,1-2H3,(H,43,44)(H,45,46)(H,47,59)(H,48,60)(H2,29,33,35)(H2,30,34,36)/t11-,12-,15-,16-,17-,18-,23-,24-,25?,57?,58?/m1/s1. The summed E-state index contributed by atoms with van der Waals surface area (Å²) in [5.41, 5.74) is 12.8. The number of thiol groups is 1. The summed E-state index contributed by atoms with van der Waals surface area (Å²) in [4.78, 5) is 54.2. The van der Waals surface area contributed by atoms with Gasteiger partial charge in [0.05, 0.1) is 25.9 Å². The lowest BCUT2D eigenvalue weighted by atomic mass is 10.1. The molecule has 0 saturated carbocycles. The van der Waals surface area contributed by atoms with Crippen LogP contribution in [0.1, 0.15) is 39.1 Å². The Morgan fingerprint density at radius 2 is 1.19 bits per heavy atom. The van der Waals surface area contributed by atoms with Gasteiger partial charge in [0.1, 0.15) is 47.7 Å². The van der Waals surface area contributed by atoms with Crippen molar-refractivity contribution in [1.82, 2.24) is 39.0 Å². The monoisotopic (exact) mass is 1050 g/mol. The molecule has 346 valence electrons. The van der Waals surface area contributed by atoms with E-state index in [0.29, 0.717) is 21.8 Å². The smallest absolute Gasteiger partial charge is 0.387 e. The van der Waals surface area contributed by atoms with E-state index < -0.39 is 95.9 Å². The van der Waals surface area contributed by atoms with Gasteiger partial charge in [0.15, 0.2) is 45.7 Å². The quantitative estimate of drug-likeness (QED) is 0.0199. The summed E-state index contributed by atoms with van der Waals surface area (Å²) in [6.07, 6.45) is -8.21. The number of nitrogens with two attached hydrogens (primary N) is 2. The number of aromatic nitrogens is 8. The van der Waals surface area contributed by atoms with Gasteiger partial charge >= 0.3 is 28.7 Å². The zero-order valence-corrected chi connectivity index (χ0v) is 39.6. The normalized spacial score (nSPS) is 28.8. The Labute approximate surface area is 374 Å². The molecule has 26 nitrogen and oxygen atoms in total. The van der Waals surface area contributed by atoms with Gasteiger partial charge in [0, 0.05) is 11.5 Å². The number of thioether (sulfide) groups is 2. The highest BCUT2D eigenvalue weighted by Crippen LogP contribution is 2.77.